The molecule has 0 saturated heterocycles. The van der Waals surface area contributed by atoms with Crippen molar-refractivity contribution in [3.63, 3.8) is 0 Å². The normalized spacial score (nSPS) is 10.7. The second-order valence-corrected chi connectivity index (χ2v) is 5.50. The van der Waals surface area contributed by atoms with Gasteiger partial charge in [0.2, 0.25) is 0 Å². The van der Waals surface area contributed by atoms with Gasteiger partial charge >= 0.3 is 0 Å². The molecule has 4 heteroatoms. The molecule has 0 aliphatic rings. The summed E-state index contributed by atoms with van der Waals surface area (Å²) in [6.45, 7) is 0.609. The van der Waals surface area contributed by atoms with Crippen molar-refractivity contribution in [1.29, 1.82) is 0 Å². The van der Waals surface area contributed by atoms with E-state index in [-0.39, 0.29) is 0 Å². The molecule has 2 heterocycles. The van der Waals surface area contributed by atoms with E-state index in [1.54, 1.807) is 12.4 Å². The summed E-state index contributed by atoms with van der Waals surface area (Å²) in [6, 6.07) is 22.4. The topological polar surface area (TPSA) is 50.7 Å². The Morgan fingerprint density at radius 3 is 2.54 bits per heavy atom. The zero-order chi connectivity index (χ0) is 16.2. The maximum Gasteiger partial charge on any atom is 0.157 e. The van der Waals surface area contributed by atoms with Crippen molar-refractivity contribution >= 4 is 16.6 Å². The Morgan fingerprint density at radius 1 is 0.833 bits per heavy atom. The van der Waals surface area contributed by atoms with Crippen LogP contribution < -0.4 is 5.32 Å². The van der Waals surface area contributed by atoms with Crippen LogP contribution in [0.5, 0.6) is 0 Å². The van der Waals surface area contributed by atoms with Gasteiger partial charge in [-0.05, 0) is 23.3 Å². The number of anilines is 1. The molecule has 0 spiro atoms. The van der Waals surface area contributed by atoms with Gasteiger partial charge in [-0.3, -0.25) is 4.98 Å². The van der Waals surface area contributed by atoms with Gasteiger partial charge in [-0.2, -0.15) is 5.10 Å². The van der Waals surface area contributed by atoms with Crippen molar-refractivity contribution in [2.24, 2.45) is 0 Å². The maximum absolute atomic E-state index is 4.34. The summed E-state index contributed by atoms with van der Waals surface area (Å²) < 4.78 is 0. The third-order valence-corrected chi connectivity index (χ3v) is 3.94. The average Bonchev–Trinajstić information content (AvgIpc) is 2.67. The van der Waals surface area contributed by atoms with Crippen LogP contribution in [0.25, 0.3) is 21.9 Å². The van der Waals surface area contributed by atoms with E-state index in [4.69, 9.17) is 0 Å². The Hall–Kier alpha value is -3.27. The highest BCUT2D eigenvalue weighted by molar-refractivity contribution is 6.02. The second-order valence-electron chi connectivity index (χ2n) is 5.50. The van der Waals surface area contributed by atoms with Gasteiger partial charge in [0.15, 0.2) is 5.82 Å². The Balaban J connectivity index is 1.78. The van der Waals surface area contributed by atoms with Gasteiger partial charge in [-0.15, -0.1) is 5.10 Å². The minimum Gasteiger partial charge on any atom is -0.362 e. The van der Waals surface area contributed by atoms with Crippen LogP contribution in [-0.2, 0) is 6.54 Å². The number of hydrogen-bond acceptors (Lipinski definition) is 4. The number of nitrogens with one attached hydrogen (secondary N) is 1. The summed E-state index contributed by atoms with van der Waals surface area (Å²) in [5, 5.41) is 14.0. The van der Waals surface area contributed by atoms with Gasteiger partial charge in [0.05, 0.1) is 18.4 Å². The smallest absolute Gasteiger partial charge is 0.157 e. The highest BCUT2D eigenvalue weighted by atomic mass is 15.2. The van der Waals surface area contributed by atoms with Crippen molar-refractivity contribution < 1.29 is 0 Å². The maximum atomic E-state index is 4.34. The number of fused-ring (bicyclic) bond motifs is 1. The van der Waals surface area contributed by atoms with E-state index in [0.717, 1.165) is 33.4 Å². The molecule has 116 valence electrons. The summed E-state index contributed by atoms with van der Waals surface area (Å²) in [7, 11) is 0. The van der Waals surface area contributed by atoms with Gasteiger partial charge < -0.3 is 5.32 Å². The Kier molecular flexibility index (Phi) is 3.86. The van der Waals surface area contributed by atoms with E-state index in [2.05, 4.69) is 50.8 Å². The van der Waals surface area contributed by atoms with Crippen molar-refractivity contribution in [3.05, 3.63) is 84.8 Å². The van der Waals surface area contributed by atoms with Crippen LogP contribution in [0.4, 0.5) is 5.82 Å². The molecule has 0 bridgehead atoms. The number of nitrogens with zero attached hydrogens (tertiary/aromatic N) is 3. The first-order chi connectivity index (χ1) is 11.9. The number of hydrogen-bond donors (Lipinski definition) is 1. The lowest BCUT2D eigenvalue weighted by molar-refractivity contribution is 0.990. The first-order valence-electron chi connectivity index (χ1n) is 7.85. The van der Waals surface area contributed by atoms with Crippen LogP contribution in [0, 0.1) is 0 Å². The molecule has 0 unspecified atom stereocenters. The van der Waals surface area contributed by atoms with E-state index < -0.39 is 0 Å². The van der Waals surface area contributed by atoms with E-state index in [0.29, 0.717) is 6.54 Å². The molecule has 0 aliphatic carbocycles. The molecule has 0 fully saturated rings. The Bertz CT molecular complexity index is 948. The average molecular weight is 312 g/mol. The predicted molar refractivity (Wildman–Crippen MR) is 96.5 cm³/mol. The third-order valence-electron chi connectivity index (χ3n) is 3.94. The molecule has 2 aromatic carbocycles. The van der Waals surface area contributed by atoms with Crippen LogP contribution in [0.1, 0.15) is 5.69 Å². The van der Waals surface area contributed by atoms with Crippen LogP contribution in [-0.4, -0.2) is 15.2 Å². The quantitative estimate of drug-likeness (QED) is 0.610. The molecule has 4 nitrogen and oxygen atoms in total. The largest absolute Gasteiger partial charge is 0.362 e. The molecule has 24 heavy (non-hydrogen) atoms. The summed E-state index contributed by atoms with van der Waals surface area (Å²) in [4.78, 5) is 4.34. The molecular weight excluding hydrogens is 296 g/mol. The fraction of sp³-hybridized carbons (Fsp3) is 0.0500. The standard InChI is InChI=1S/C20H16N4/c1-2-7-15(8-3-1)18-11-6-9-16-13-23-24-20(19(16)18)22-14-17-10-4-5-12-21-17/h1-13H,14H2,(H,22,24). The zero-order valence-corrected chi connectivity index (χ0v) is 13.1. The number of pyridine rings is 1. The van der Waals surface area contributed by atoms with Crippen molar-refractivity contribution in [3.8, 4) is 11.1 Å². The lowest BCUT2D eigenvalue weighted by Crippen LogP contribution is -2.04. The molecule has 4 aromatic rings. The molecule has 0 atom stereocenters. The lowest BCUT2D eigenvalue weighted by Gasteiger charge is -2.12. The van der Waals surface area contributed by atoms with E-state index >= 15 is 0 Å². The molecule has 0 radical (unpaired) electrons. The van der Waals surface area contributed by atoms with E-state index in [1.807, 2.05) is 36.4 Å². The summed E-state index contributed by atoms with van der Waals surface area (Å²) in [6.07, 6.45) is 3.59. The summed E-state index contributed by atoms with van der Waals surface area (Å²) >= 11 is 0. The second kappa shape index (κ2) is 6.46. The SMILES string of the molecule is c1ccc(-c2cccc3cnnc(NCc4ccccn4)c23)cc1. The van der Waals surface area contributed by atoms with Gasteiger partial charge in [0, 0.05) is 17.0 Å². The minimum atomic E-state index is 0.609. The van der Waals surface area contributed by atoms with Crippen molar-refractivity contribution in [2.75, 3.05) is 5.32 Å². The van der Waals surface area contributed by atoms with Crippen LogP contribution in [0.3, 0.4) is 0 Å². The third kappa shape index (κ3) is 2.82. The molecule has 0 aliphatic heterocycles. The highest BCUT2D eigenvalue weighted by Gasteiger charge is 2.10. The van der Waals surface area contributed by atoms with Gasteiger partial charge in [-0.25, -0.2) is 0 Å². The molecule has 4 rings (SSSR count). The van der Waals surface area contributed by atoms with E-state index in [9.17, 15) is 0 Å². The van der Waals surface area contributed by atoms with Crippen LogP contribution in [0.15, 0.2) is 79.1 Å². The van der Waals surface area contributed by atoms with Crippen molar-refractivity contribution in [2.45, 2.75) is 6.54 Å². The highest BCUT2D eigenvalue weighted by Crippen LogP contribution is 2.32. The monoisotopic (exact) mass is 312 g/mol. The van der Waals surface area contributed by atoms with Gasteiger partial charge in [0.1, 0.15) is 0 Å². The summed E-state index contributed by atoms with van der Waals surface area (Å²) in [5.74, 6) is 0.776. The van der Waals surface area contributed by atoms with Crippen LogP contribution in [0.2, 0.25) is 0 Å². The molecule has 1 N–H and O–H groups in total. The first-order valence-corrected chi connectivity index (χ1v) is 7.85. The molecule has 2 aromatic heterocycles. The van der Waals surface area contributed by atoms with Gasteiger partial charge in [-0.1, -0.05) is 54.6 Å². The number of aromatic nitrogens is 3. The first kappa shape index (κ1) is 14.3. The van der Waals surface area contributed by atoms with Gasteiger partial charge in [0.25, 0.3) is 0 Å². The lowest BCUT2D eigenvalue weighted by atomic mass is 9.99. The summed E-state index contributed by atoms with van der Waals surface area (Å²) in [5.41, 5.74) is 3.28. The minimum absolute atomic E-state index is 0.609. The van der Waals surface area contributed by atoms with E-state index in [1.165, 1.54) is 0 Å². The molecular formula is C20H16N4. The van der Waals surface area contributed by atoms with Crippen molar-refractivity contribution in [1.82, 2.24) is 15.2 Å². The fourth-order valence-corrected chi connectivity index (χ4v) is 2.80. The Labute approximate surface area is 140 Å². The predicted octanol–water partition coefficient (Wildman–Crippen LogP) is 4.30. The van der Waals surface area contributed by atoms with Crippen LogP contribution >= 0.6 is 0 Å². The molecule has 0 saturated carbocycles. The number of benzene rings is 2. The number of rotatable bonds is 4. The zero-order valence-electron chi connectivity index (χ0n) is 13.1. The Morgan fingerprint density at radius 2 is 1.71 bits per heavy atom. The molecule has 0 amide bonds. The fourth-order valence-electron chi connectivity index (χ4n) is 2.80.